The minimum absolute atomic E-state index is 0.00677. The van der Waals surface area contributed by atoms with E-state index in [1.165, 1.54) is 4.90 Å². The molecule has 0 bridgehead atoms. The van der Waals surface area contributed by atoms with E-state index in [0.717, 1.165) is 45.6 Å². The lowest BCUT2D eigenvalue weighted by atomic mass is 9.99. The summed E-state index contributed by atoms with van der Waals surface area (Å²) in [4.78, 5) is 24.6. The molecule has 8 nitrogen and oxygen atoms in total. The number of aliphatic hydroxyl groups excluding tert-OH is 1. The minimum atomic E-state index is -0.522. The minimum Gasteiger partial charge on any atom is -0.392 e. The average Bonchev–Trinajstić information content (AvgIpc) is 3.12. The summed E-state index contributed by atoms with van der Waals surface area (Å²) in [5, 5.41) is 21.0. The second kappa shape index (κ2) is 17.1. The number of nitrogens with one attached hydrogen (secondary N) is 2. The number of thioether (sulfide) groups is 1. The number of amides is 2. The van der Waals surface area contributed by atoms with Crippen LogP contribution in [0, 0.1) is 0 Å². The molecule has 4 aromatic carbocycles. The summed E-state index contributed by atoms with van der Waals surface area (Å²) in [6.07, 6.45) is 1.68. The number of carbonyl (C=O) groups is 2. The van der Waals surface area contributed by atoms with E-state index in [0.29, 0.717) is 25.8 Å². The van der Waals surface area contributed by atoms with E-state index >= 15 is 0 Å². The molecule has 1 heterocycles. The molecular weight excluding hydrogens is 600 g/mol. The van der Waals surface area contributed by atoms with Crippen molar-refractivity contribution in [2.24, 2.45) is 0 Å². The van der Waals surface area contributed by atoms with Crippen LogP contribution in [0.1, 0.15) is 66.8 Å². The summed E-state index contributed by atoms with van der Waals surface area (Å²) in [6, 6.07) is 34.5. The van der Waals surface area contributed by atoms with Crippen LogP contribution in [0.15, 0.2) is 108 Å². The summed E-state index contributed by atoms with van der Waals surface area (Å²) < 4.78 is 13.0. The molecule has 1 saturated heterocycles. The Kier molecular flexibility index (Phi) is 12.4. The van der Waals surface area contributed by atoms with Gasteiger partial charge in [0.1, 0.15) is 0 Å². The monoisotopic (exact) mass is 640 g/mol. The lowest BCUT2D eigenvalue weighted by Gasteiger charge is -2.36. The number of hydroxylamine groups is 1. The van der Waals surface area contributed by atoms with Gasteiger partial charge in [0.2, 0.25) is 11.8 Å². The summed E-state index contributed by atoms with van der Waals surface area (Å²) in [5.41, 5.74) is 7.55. The predicted octanol–water partition coefficient (Wildman–Crippen LogP) is 6.87. The lowest BCUT2D eigenvalue weighted by Crippen LogP contribution is -2.31. The van der Waals surface area contributed by atoms with Crippen molar-refractivity contribution in [1.82, 2.24) is 10.8 Å². The van der Waals surface area contributed by atoms with Crippen molar-refractivity contribution in [2.45, 2.75) is 68.6 Å². The van der Waals surface area contributed by atoms with Gasteiger partial charge in [-0.05, 0) is 58.9 Å². The van der Waals surface area contributed by atoms with Crippen molar-refractivity contribution in [2.75, 3.05) is 5.75 Å². The van der Waals surface area contributed by atoms with E-state index in [4.69, 9.17) is 14.7 Å². The number of aliphatic hydroxyl groups is 1. The molecule has 4 aromatic rings. The summed E-state index contributed by atoms with van der Waals surface area (Å²) >= 11 is 1.78. The molecule has 1 aliphatic heterocycles. The molecule has 0 spiro atoms. The lowest BCUT2D eigenvalue weighted by molar-refractivity contribution is -0.245. The number of hydrogen-bond acceptors (Lipinski definition) is 7. The molecule has 0 saturated carbocycles. The van der Waals surface area contributed by atoms with Crippen molar-refractivity contribution in [1.29, 1.82) is 0 Å². The zero-order chi connectivity index (χ0) is 32.1. The van der Waals surface area contributed by atoms with Gasteiger partial charge in [0.15, 0.2) is 6.29 Å². The van der Waals surface area contributed by atoms with Gasteiger partial charge in [0, 0.05) is 42.0 Å². The van der Waals surface area contributed by atoms with Gasteiger partial charge in [0.25, 0.3) is 0 Å². The van der Waals surface area contributed by atoms with E-state index in [-0.39, 0.29) is 31.1 Å². The Hall–Kier alpha value is -3.99. The second-order valence-corrected chi connectivity index (χ2v) is 12.4. The van der Waals surface area contributed by atoms with Gasteiger partial charge < -0.3 is 19.9 Å². The van der Waals surface area contributed by atoms with Crippen LogP contribution in [0.5, 0.6) is 0 Å². The Labute approximate surface area is 274 Å². The Morgan fingerprint density at radius 1 is 0.761 bits per heavy atom. The van der Waals surface area contributed by atoms with Gasteiger partial charge in [-0.2, -0.15) is 0 Å². The summed E-state index contributed by atoms with van der Waals surface area (Å²) in [6.45, 7) is 0.418. The van der Waals surface area contributed by atoms with Crippen LogP contribution in [0.25, 0.3) is 11.1 Å². The number of ether oxygens (including phenoxy) is 2. The van der Waals surface area contributed by atoms with Gasteiger partial charge in [-0.15, -0.1) is 11.8 Å². The van der Waals surface area contributed by atoms with Gasteiger partial charge in [-0.25, -0.2) is 5.48 Å². The fraction of sp³-hybridized carbons (Fsp3) is 0.297. The van der Waals surface area contributed by atoms with Gasteiger partial charge >= 0.3 is 0 Å². The zero-order valence-corrected chi connectivity index (χ0v) is 26.5. The molecule has 1 fully saturated rings. The highest BCUT2D eigenvalue weighted by atomic mass is 32.2. The quantitative estimate of drug-likeness (QED) is 0.0515. The molecular formula is C37H40N2O6S. The Morgan fingerprint density at radius 2 is 1.48 bits per heavy atom. The van der Waals surface area contributed by atoms with E-state index in [1.54, 1.807) is 17.2 Å². The van der Waals surface area contributed by atoms with Gasteiger partial charge in [-0.1, -0.05) is 84.9 Å². The third-order valence-electron chi connectivity index (χ3n) is 7.91. The highest BCUT2D eigenvalue weighted by molar-refractivity contribution is 7.99. The first-order valence-corrected chi connectivity index (χ1v) is 16.6. The van der Waals surface area contributed by atoms with E-state index in [9.17, 15) is 14.7 Å². The third kappa shape index (κ3) is 9.75. The average molecular weight is 641 g/mol. The molecule has 0 unspecified atom stereocenters. The van der Waals surface area contributed by atoms with E-state index < -0.39 is 12.2 Å². The molecule has 46 heavy (non-hydrogen) atoms. The Balaban J connectivity index is 1.22. The van der Waals surface area contributed by atoms with E-state index in [2.05, 4.69) is 35.6 Å². The van der Waals surface area contributed by atoms with Crippen LogP contribution < -0.4 is 10.8 Å². The number of benzene rings is 4. The first-order valence-electron chi connectivity index (χ1n) is 15.6. The van der Waals surface area contributed by atoms with Crippen LogP contribution in [0.3, 0.4) is 0 Å². The molecule has 5 rings (SSSR count). The standard InChI is InChI=1S/C37H40N2O6S/c40-24-26-13-15-29(16-14-26)34-22-32(25-46-33-9-2-1-3-10-33)44-37(45-34)30-19-17-28(18-20-30)31-8-6-7-27(21-31)23-38-35(41)11-4-5-12-36(42)39-43/h1-3,6-10,13-21,32,34,37,40,43H,4-5,11-12,22-25H2,(H,38,41)(H,39,42)/t32-,34+,37+/m1/s1. The molecule has 0 aromatic heterocycles. The maximum Gasteiger partial charge on any atom is 0.243 e. The van der Waals surface area contributed by atoms with E-state index in [1.807, 2.05) is 72.8 Å². The number of carbonyl (C=O) groups excluding carboxylic acids is 2. The number of unbranched alkanes of at least 4 members (excludes halogenated alkanes) is 1. The molecule has 1 aliphatic rings. The fourth-order valence-electron chi connectivity index (χ4n) is 5.34. The number of hydrogen-bond donors (Lipinski definition) is 4. The van der Waals surface area contributed by atoms with Gasteiger partial charge in [-0.3, -0.25) is 14.8 Å². The van der Waals surface area contributed by atoms with Crippen molar-refractivity contribution in [3.63, 3.8) is 0 Å². The largest absolute Gasteiger partial charge is 0.392 e. The maximum absolute atomic E-state index is 12.3. The van der Waals surface area contributed by atoms with Crippen molar-refractivity contribution >= 4 is 23.6 Å². The smallest absolute Gasteiger partial charge is 0.243 e. The molecule has 4 N–H and O–H groups in total. The van der Waals surface area contributed by atoms with Crippen molar-refractivity contribution in [3.8, 4) is 11.1 Å². The first kappa shape index (κ1) is 33.4. The van der Waals surface area contributed by atoms with Crippen LogP contribution in [-0.2, 0) is 32.2 Å². The molecule has 0 aliphatic carbocycles. The molecule has 240 valence electrons. The molecule has 3 atom stereocenters. The topological polar surface area (TPSA) is 117 Å². The summed E-state index contributed by atoms with van der Waals surface area (Å²) in [5.74, 6) is 0.285. The molecule has 2 amide bonds. The number of rotatable bonds is 14. The first-order chi connectivity index (χ1) is 22.5. The van der Waals surface area contributed by atoms with Crippen molar-refractivity contribution < 1.29 is 29.4 Å². The fourth-order valence-corrected chi connectivity index (χ4v) is 6.28. The van der Waals surface area contributed by atoms with Crippen molar-refractivity contribution in [3.05, 3.63) is 125 Å². The third-order valence-corrected chi connectivity index (χ3v) is 9.05. The van der Waals surface area contributed by atoms with Gasteiger partial charge in [0.05, 0.1) is 18.8 Å². The maximum atomic E-state index is 12.3. The van der Waals surface area contributed by atoms with Crippen LogP contribution in [0.4, 0.5) is 0 Å². The molecule has 0 radical (unpaired) electrons. The zero-order valence-electron chi connectivity index (χ0n) is 25.6. The molecule has 9 heteroatoms. The highest BCUT2D eigenvalue weighted by Crippen LogP contribution is 2.40. The SMILES string of the molecule is O=C(CCCCC(=O)NCc1cccc(-c2ccc([C@H]3O[C@@H](CSc4ccccc4)C[C@@H](c4ccc(CO)cc4)O3)cc2)c1)NO. The second-order valence-electron chi connectivity index (χ2n) is 11.3. The predicted molar refractivity (Wildman–Crippen MR) is 178 cm³/mol. The van der Waals surface area contributed by atoms with Crippen LogP contribution in [-0.4, -0.2) is 34.0 Å². The Morgan fingerprint density at radius 3 is 2.20 bits per heavy atom. The highest BCUT2D eigenvalue weighted by Gasteiger charge is 2.32. The summed E-state index contributed by atoms with van der Waals surface area (Å²) in [7, 11) is 0. The van der Waals surface area contributed by atoms with Crippen LogP contribution in [0.2, 0.25) is 0 Å². The Bertz CT molecular complexity index is 1550. The van der Waals surface area contributed by atoms with Crippen LogP contribution >= 0.6 is 11.8 Å². The normalized spacial score (nSPS) is 17.7.